The first-order valence-corrected chi connectivity index (χ1v) is 11.0. The molecule has 2 heterocycles. The molecule has 0 saturated carbocycles. The summed E-state index contributed by atoms with van der Waals surface area (Å²) in [5, 5.41) is 0. The van der Waals surface area contributed by atoms with Gasteiger partial charge in [0.2, 0.25) is 15.9 Å². The van der Waals surface area contributed by atoms with Crippen LogP contribution < -0.4 is 14.4 Å². The molecule has 0 unspecified atom stereocenters. The van der Waals surface area contributed by atoms with Crippen molar-refractivity contribution in [1.82, 2.24) is 14.3 Å². The van der Waals surface area contributed by atoms with Gasteiger partial charge in [-0.25, -0.2) is 18.1 Å². The molecule has 9 heteroatoms. The molecule has 3 aromatic rings. The summed E-state index contributed by atoms with van der Waals surface area (Å²) in [5.74, 6) is 0.438. The van der Waals surface area contributed by atoms with Gasteiger partial charge in [0.25, 0.3) is 0 Å². The first kappa shape index (κ1) is 20.1. The number of carbonyl (C=O) groups is 1. The van der Waals surface area contributed by atoms with Crippen LogP contribution in [0.15, 0.2) is 66.1 Å². The van der Waals surface area contributed by atoms with Gasteiger partial charge in [-0.1, -0.05) is 12.1 Å². The van der Waals surface area contributed by atoms with Crippen LogP contribution in [0.5, 0.6) is 5.75 Å². The Kier molecular flexibility index (Phi) is 5.56. The van der Waals surface area contributed by atoms with E-state index in [1.165, 1.54) is 19.2 Å². The quantitative estimate of drug-likeness (QED) is 0.627. The Hall–Kier alpha value is -3.17. The topological polar surface area (TPSA) is 93.5 Å². The second-order valence-electron chi connectivity index (χ2n) is 6.94. The minimum absolute atomic E-state index is 0.0335. The van der Waals surface area contributed by atoms with Gasteiger partial charge in [-0.2, -0.15) is 0 Å². The molecule has 4 rings (SSSR count). The highest BCUT2D eigenvalue weighted by Crippen LogP contribution is 2.33. The molecule has 8 nitrogen and oxygen atoms in total. The number of ether oxygens (including phenoxy) is 1. The SMILES string of the molecule is COc1ccc(S(=O)(=O)NCc2ccc(-n3ccnc3)cc2)cc1N1CCCC1=O. The molecular weight excluding hydrogens is 404 g/mol. The van der Waals surface area contributed by atoms with Gasteiger partial charge >= 0.3 is 0 Å². The third-order valence-corrected chi connectivity index (χ3v) is 6.43. The van der Waals surface area contributed by atoms with Crippen molar-refractivity contribution in [1.29, 1.82) is 0 Å². The molecule has 1 aliphatic heterocycles. The highest BCUT2D eigenvalue weighted by Gasteiger charge is 2.26. The monoisotopic (exact) mass is 426 g/mol. The molecule has 0 spiro atoms. The summed E-state index contributed by atoms with van der Waals surface area (Å²) in [6.45, 7) is 0.700. The largest absolute Gasteiger partial charge is 0.495 e. The number of amides is 1. The molecule has 30 heavy (non-hydrogen) atoms. The van der Waals surface area contributed by atoms with Crippen LogP contribution >= 0.6 is 0 Å². The second kappa shape index (κ2) is 8.29. The van der Waals surface area contributed by atoms with Gasteiger partial charge in [0.15, 0.2) is 0 Å². The van der Waals surface area contributed by atoms with Crippen molar-refractivity contribution in [3.05, 3.63) is 66.7 Å². The van der Waals surface area contributed by atoms with E-state index in [0.717, 1.165) is 17.7 Å². The minimum atomic E-state index is -3.77. The number of sulfonamides is 1. The van der Waals surface area contributed by atoms with E-state index < -0.39 is 10.0 Å². The van der Waals surface area contributed by atoms with Crippen LogP contribution in [-0.2, 0) is 21.4 Å². The Balaban J connectivity index is 1.51. The average Bonchev–Trinajstić information content (AvgIpc) is 3.44. The number of anilines is 1. The van der Waals surface area contributed by atoms with E-state index >= 15 is 0 Å². The molecule has 2 aromatic carbocycles. The van der Waals surface area contributed by atoms with E-state index in [0.29, 0.717) is 24.4 Å². The first-order valence-electron chi connectivity index (χ1n) is 9.53. The second-order valence-corrected chi connectivity index (χ2v) is 8.71. The van der Waals surface area contributed by atoms with Gasteiger partial charge in [0.05, 0.1) is 24.0 Å². The van der Waals surface area contributed by atoms with Crippen molar-refractivity contribution in [3.63, 3.8) is 0 Å². The number of imidazole rings is 1. The fourth-order valence-electron chi connectivity index (χ4n) is 3.41. The lowest BCUT2D eigenvalue weighted by molar-refractivity contribution is -0.117. The number of aromatic nitrogens is 2. The minimum Gasteiger partial charge on any atom is -0.495 e. The Morgan fingerprint density at radius 2 is 1.97 bits per heavy atom. The van der Waals surface area contributed by atoms with E-state index in [4.69, 9.17) is 4.74 Å². The lowest BCUT2D eigenvalue weighted by atomic mass is 10.2. The number of rotatable bonds is 7. The third-order valence-electron chi connectivity index (χ3n) is 5.03. The maximum Gasteiger partial charge on any atom is 0.240 e. The zero-order chi connectivity index (χ0) is 21.1. The first-order chi connectivity index (χ1) is 14.5. The zero-order valence-electron chi connectivity index (χ0n) is 16.5. The Morgan fingerprint density at radius 1 is 1.17 bits per heavy atom. The van der Waals surface area contributed by atoms with E-state index in [-0.39, 0.29) is 17.3 Å². The molecule has 1 aliphatic rings. The van der Waals surface area contributed by atoms with Gasteiger partial charge in [-0.05, 0) is 42.3 Å². The molecule has 1 N–H and O–H groups in total. The van der Waals surface area contributed by atoms with Gasteiger partial charge < -0.3 is 14.2 Å². The highest BCUT2D eigenvalue weighted by atomic mass is 32.2. The fourth-order valence-corrected chi connectivity index (χ4v) is 4.45. The van der Waals surface area contributed by atoms with Crippen molar-refractivity contribution in [2.45, 2.75) is 24.3 Å². The number of hydrogen-bond acceptors (Lipinski definition) is 5. The Morgan fingerprint density at radius 3 is 2.60 bits per heavy atom. The Labute approximate surface area is 175 Å². The van der Waals surface area contributed by atoms with Gasteiger partial charge in [0, 0.05) is 37.6 Å². The van der Waals surface area contributed by atoms with Gasteiger partial charge in [-0.3, -0.25) is 4.79 Å². The number of carbonyl (C=O) groups excluding carboxylic acids is 1. The van der Waals surface area contributed by atoms with Crippen molar-refractivity contribution in [3.8, 4) is 11.4 Å². The van der Waals surface area contributed by atoms with Gasteiger partial charge in [-0.15, -0.1) is 0 Å². The van der Waals surface area contributed by atoms with Crippen LogP contribution in [0.1, 0.15) is 18.4 Å². The van der Waals surface area contributed by atoms with E-state index in [9.17, 15) is 13.2 Å². The number of nitrogens with zero attached hydrogens (tertiary/aromatic N) is 3. The summed E-state index contributed by atoms with van der Waals surface area (Å²) in [5.41, 5.74) is 2.24. The summed E-state index contributed by atoms with van der Waals surface area (Å²) < 4.78 is 35.5. The van der Waals surface area contributed by atoms with Crippen LogP contribution in [0.3, 0.4) is 0 Å². The zero-order valence-corrected chi connectivity index (χ0v) is 17.3. The molecule has 1 saturated heterocycles. The molecule has 0 radical (unpaired) electrons. The molecule has 156 valence electrons. The van der Waals surface area contributed by atoms with Crippen LogP contribution in [0.2, 0.25) is 0 Å². The number of methoxy groups -OCH3 is 1. The van der Waals surface area contributed by atoms with Gasteiger partial charge in [0.1, 0.15) is 5.75 Å². The molecule has 1 amide bonds. The Bertz CT molecular complexity index is 1140. The lowest BCUT2D eigenvalue weighted by Crippen LogP contribution is -2.26. The van der Waals surface area contributed by atoms with E-state index in [1.807, 2.05) is 35.0 Å². The van der Waals surface area contributed by atoms with E-state index in [1.54, 1.807) is 23.5 Å². The molecule has 1 fully saturated rings. The fraction of sp³-hybridized carbons (Fsp3) is 0.238. The standard InChI is InChI=1S/C21H22N4O4S/c1-29-20-9-8-18(13-19(20)25-11-2-3-21(25)26)30(27,28)23-14-16-4-6-17(7-5-16)24-12-10-22-15-24/h4-10,12-13,15,23H,2-3,11,14H2,1H3. The summed E-state index contributed by atoms with van der Waals surface area (Å²) in [4.78, 5) is 17.8. The molecule has 1 aromatic heterocycles. The number of hydrogen-bond donors (Lipinski definition) is 1. The van der Waals surface area contributed by atoms with Crippen molar-refractivity contribution >= 4 is 21.6 Å². The summed E-state index contributed by atoms with van der Waals surface area (Å²) >= 11 is 0. The maximum atomic E-state index is 12.8. The van der Waals surface area contributed by atoms with Crippen molar-refractivity contribution in [2.24, 2.45) is 0 Å². The lowest BCUT2D eigenvalue weighted by Gasteiger charge is -2.20. The summed E-state index contributed by atoms with van der Waals surface area (Å²) in [7, 11) is -2.27. The number of nitrogens with one attached hydrogen (secondary N) is 1. The van der Waals surface area contributed by atoms with Crippen molar-refractivity contribution in [2.75, 3.05) is 18.6 Å². The third kappa shape index (κ3) is 4.07. The molecule has 0 atom stereocenters. The molecule has 0 aliphatic carbocycles. The smallest absolute Gasteiger partial charge is 0.240 e. The van der Waals surface area contributed by atoms with Crippen LogP contribution in [-0.4, -0.2) is 37.5 Å². The summed E-state index contributed by atoms with van der Waals surface area (Å²) in [6, 6.07) is 12.1. The summed E-state index contributed by atoms with van der Waals surface area (Å²) in [6.07, 6.45) is 6.43. The molecule has 0 bridgehead atoms. The van der Waals surface area contributed by atoms with E-state index in [2.05, 4.69) is 9.71 Å². The van der Waals surface area contributed by atoms with Crippen molar-refractivity contribution < 1.29 is 17.9 Å². The van der Waals surface area contributed by atoms with Crippen LogP contribution in [0.25, 0.3) is 5.69 Å². The normalized spacial score (nSPS) is 14.3. The van der Waals surface area contributed by atoms with Crippen LogP contribution in [0.4, 0.5) is 5.69 Å². The molecular formula is C21H22N4O4S. The predicted octanol–water partition coefficient (Wildman–Crippen LogP) is 2.49. The number of benzene rings is 2. The highest BCUT2D eigenvalue weighted by molar-refractivity contribution is 7.89. The average molecular weight is 426 g/mol. The van der Waals surface area contributed by atoms with Crippen LogP contribution in [0, 0.1) is 0 Å². The predicted molar refractivity (Wildman–Crippen MR) is 112 cm³/mol. The maximum absolute atomic E-state index is 12.8.